The molecule has 1 fully saturated rings. The van der Waals surface area contributed by atoms with Crippen LogP contribution in [0.3, 0.4) is 0 Å². The Morgan fingerprint density at radius 3 is 2.44 bits per heavy atom. The van der Waals surface area contributed by atoms with Gasteiger partial charge in [0.2, 0.25) is 0 Å². The van der Waals surface area contributed by atoms with E-state index in [1.54, 1.807) is 0 Å². The molecule has 2 aromatic rings. The fourth-order valence-electron chi connectivity index (χ4n) is 3.17. The van der Waals surface area contributed by atoms with E-state index in [4.69, 9.17) is 5.73 Å². The highest BCUT2D eigenvalue weighted by Crippen LogP contribution is 2.29. The van der Waals surface area contributed by atoms with E-state index in [9.17, 15) is 0 Å². The fraction of sp³-hybridized carbons (Fsp3) is 0.412. The first-order chi connectivity index (χ1) is 8.83. The number of hydrogen-bond acceptors (Lipinski definition) is 1. The highest BCUT2D eigenvalue weighted by molar-refractivity contribution is 5.85. The van der Waals surface area contributed by atoms with Gasteiger partial charge in [-0.05, 0) is 54.4 Å². The van der Waals surface area contributed by atoms with Crippen molar-refractivity contribution in [1.29, 1.82) is 0 Å². The topological polar surface area (TPSA) is 26.0 Å². The molecule has 0 spiro atoms. The van der Waals surface area contributed by atoms with E-state index < -0.39 is 0 Å². The van der Waals surface area contributed by atoms with Crippen molar-refractivity contribution in [2.24, 2.45) is 11.7 Å². The van der Waals surface area contributed by atoms with Crippen molar-refractivity contribution in [1.82, 2.24) is 0 Å². The van der Waals surface area contributed by atoms with Gasteiger partial charge in [-0.25, -0.2) is 0 Å². The van der Waals surface area contributed by atoms with E-state index in [-0.39, 0.29) is 0 Å². The van der Waals surface area contributed by atoms with Gasteiger partial charge in [0.15, 0.2) is 0 Å². The summed E-state index contributed by atoms with van der Waals surface area (Å²) in [6.07, 6.45) is 6.22. The minimum Gasteiger partial charge on any atom is -0.328 e. The molecule has 0 heterocycles. The van der Waals surface area contributed by atoms with Gasteiger partial charge in [-0.1, -0.05) is 42.5 Å². The van der Waals surface area contributed by atoms with Gasteiger partial charge in [0.25, 0.3) is 0 Å². The maximum atomic E-state index is 5.98. The van der Waals surface area contributed by atoms with Gasteiger partial charge in [-0.2, -0.15) is 0 Å². The molecule has 0 aliphatic heterocycles. The normalized spacial score (nSPS) is 24.3. The molecule has 1 aliphatic carbocycles. The van der Waals surface area contributed by atoms with Crippen LogP contribution >= 0.6 is 0 Å². The van der Waals surface area contributed by atoms with E-state index >= 15 is 0 Å². The molecule has 0 saturated heterocycles. The Kier molecular flexibility index (Phi) is 3.33. The molecule has 0 bridgehead atoms. The monoisotopic (exact) mass is 239 g/mol. The molecule has 0 atom stereocenters. The Morgan fingerprint density at radius 1 is 0.889 bits per heavy atom. The summed E-state index contributed by atoms with van der Waals surface area (Å²) in [6, 6.07) is 15.8. The highest BCUT2D eigenvalue weighted by atomic mass is 14.6. The zero-order valence-electron chi connectivity index (χ0n) is 10.8. The van der Waals surface area contributed by atoms with Gasteiger partial charge < -0.3 is 5.73 Å². The van der Waals surface area contributed by atoms with E-state index in [2.05, 4.69) is 42.5 Å². The molecule has 0 amide bonds. The average molecular weight is 239 g/mol. The van der Waals surface area contributed by atoms with E-state index in [0.717, 1.165) is 5.92 Å². The zero-order valence-corrected chi connectivity index (χ0v) is 10.8. The minimum absolute atomic E-state index is 0.453. The second-order valence-electron chi connectivity index (χ2n) is 5.62. The summed E-state index contributed by atoms with van der Waals surface area (Å²) in [7, 11) is 0. The predicted octanol–water partition coefficient (Wildman–Crippen LogP) is 3.90. The molecule has 1 heteroatoms. The Bertz CT molecular complexity index is 519. The second kappa shape index (κ2) is 5.11. The molecule has 94 valence electrons. The van der Waals surface area contributed by atoms with Crippen LogP contribution < -0.4 is 5.73 Å². The Morgan fingerprint density at radius 2 is 1.61 bits per heavy atom. The SMILES string of the molecule is NC1CCC(Cc2cccc3ccccc23)CC1. The number of rotatable bonds is 2. The molecule has 1 aliphatic rings. The summed E-state index contributed by atoms with van der Waals surface area (Å²) in [4.78, 5) is 0. The van der Waals surface area contributed by atoms with Gasteiger partial charge >= 0.3 is 0 Å². The first-order valence-electron chi connectivity index (χ1n) is 7.05. The second-order valence-corrected chi connectivity index (χ2v) is 5.62. The number of benzene rings is 2. The van der Waals surface area contributed by atoms with Crippen molar-refractivity contribution in [3.63, 3.8) is 0 Å². The van der Waals surface area contributed by atoms with Crippen molar-refractivity contribution in [2.75, 3.05) is 0 Å². The van der Waals surface area contributed by atoms with Gasteiger partial charge in [0.1, 0.15) is 0 Å². The third kappa shape index (κ3) is 2.41. The third-order valence-electron chi connectivity index (χ3n) is 4.28. The van der Waals surface area contributed by atoms with Crippen molar-refractivity contribution in [2.45, 2.75) is 38.1 Å². The maximum absolute atomic E-state index is 5.98. The fourth-order valence-corrected chi connectivity index (χ4v) is 3.17. The van der Waals surface area contributed by atoms with Gasteiger partial charge in [0, 0.05) is 6.04 Å². The van der Waals surface area contributed by atoms with Crippen LogP contribution in [0.2, 0.25) is 0 Å². The van der Waals surface area contributed by atoms with Crippen LogP contribution in [0, 0.1) is 5.92 Å². The highest BCUT2D eigenvalue weighted by Gasteiger charge is 2.19. The molecule has 0 unspecified atom stereocenters. The standard InChI is InChI=1S/C17H21N/c18-16-10-8-13(9-11-16)12-15-6-3-5-14-4-1-2-7-17(14)15/h1-7,13,16H,8-12,18H2. The van der Waals surface area contributed by atoms with E-state index in [1.165, 1.54) is 48.4 Å². The van der Waals surface area contributed by atoms with E-state index in [0.29, 0.717) is 6.04 Å². The lowest BCUT2D eigenvalue weighted by Crippen LogP contribution is -2.27. The van der Waals surface area contributed by atoms with Crippen LogP contribution in [-0.4, -0.2) is 6.04 Å². The van der Waals surface area contributed by atoms with Gasteiger partial charge in [-0.3, -0.25) is 0 Å². The maximum Gasteiger partial charge on any atom is 0.00390 e. The molecule has 3 rings (SSSR count). The lowest BCUT2D eigenvalue weighted by molar-refractivity contribution is 0.325. The average Bonchev–Trinajstić information content (AvgIpc) is 2.42. The molecule has 1 nitrogen and oxygen atoms in total. The van der Waals surface area contributed by atoms with Crippen molar-refractivity contribution in [3.05, 3.63) is 48.0 Å². The largest absolute Gasteiger partial charge is 0.328 e. The molecule has 2 N–H and O–H groups in total. The zero-order chi connectivity index (χ0) is 12.4. The Balaban J connectivity index is 1.82. The van der Waals surface area contributed by atoms with Crippen molar-refractivity contribution in [3.8, 4) is 0 Å². The third-order valence-corrected chi connectivity index (χ3v) is 4.28. The van der Waals surface area contributed by atoms with Crippen LogP contribution in [-0.2, 0) is 6.42 Å². The van der Waals surface area contributed by atoms with Crippen molar-refractivity contribution >= 4 is 10.8 Å². The lowest BCUT2D eigenvalue weighted by atomic mass is 9.82. The number of nitrogens with two attached hydrogens (primary N) is 1. The first kappa shape index (κ1) is 11.7. The lowest BCUT2D eigenvalue weighted by Gasteiger charge is -2.26. The molecule has 1 saturated carbocycles. The van der Waals surface area contributed by atoms with Gasteiger partial charge in [0.05, 0.1) is 0 Å². The van der Waals surface area contributed by atoms with Crippen LogP contribution in [0.5, 0.6) is 0 Å². The summed E-state index contributed by atoms with van der Waals surface area (Å²) in [5, 5.41) is 2.79. The predicted molar refractivity (Wildman–Crippen MR) is 77.6 cm³/mol. The Labute approximate surface area is 109 Å². The van der Waals surface area contributed by atoms with Gasteiger partial charge in [-0.15, -0.1) is 0 Å². The summed E-state index contributed by atoms with van der Waals surface area (Å²) in [6.45, 7) is 0. The summed E-state index contributed by atoms with van der Waals surface area (Å²) in [5.74, 6) is 0.829. The molecular formula is C17H21N. The number of hydrogen-bond donors (Lipinski definition) is 1. The molecule has 2 aromatic carbocycles. The summed E-state index contributed by atoms with van der Waals surface area (Å²) < 4.78 is 0. The smallest absolute Gasteiger partial charge is 0.00390 e. The Hall–Kier alpha value is -1.34. The van der Waals surface area contributed by atoms with Crippen LogP contribution in [0.25, 0.3) is 10.8 Å². The molecular weight excluding hydrogens is 218 g/mol. The van der Waals surface area contributed by atoms with Crippen LogP contribution in [0.1, 0.15) is 31.2 Å². The number of fused-ring (bicyclic) bond motifs is 1. The van der Waals surface area contributed by atoms with Crippen LogP contribution in [0.15, 0.2) is 42.5 Å². The van der Waals surface area contributed by atoms with Crippen molar-refractivity contribution < 1.29 is 0 Å². The summed E-state index contributed by atoms with van der Waals surface area (Å²) in [5.41, 5.74) is 7.49. The molecule has 18 heavy (non-hydrogen) atoms. The van der Waals surface area contributed by atoms with E-state index in [1.807, 2.05) is 0 Å². The first-order valence-corrected chi connectivity index (χ1v) is 7.05. The van der Waals surface area contributed by atoms with Crippen LogP contribution in [0.4, 0.5) is 0 Å². The molecule has 0 radical (unpaired) electrons. The quantitative estimate of drug-likeness (QED) is 0.845. The molecule has 0 aromatic heterocycles. The minimum atomic E-state index is 0.453. The summed E-state index contributed by atoms with van der Waals surface area (Å²) >= 11 is 0.